The molecule has 20 heavy (non-hydrogen) atoms. The molecule has 1 aromatic carbocycles. The molecule has 0 unspecified atom stereocenters. The number of hydrogen-bond acceptors (Lipinski definition) is 1. The van der Waals surface area contributed by atoms with Crippen LogP contribution in [0.5, 0.6) is 0 Å². The topological polar surface area (TPSA) is 9.23 Å². The average molecular weight is 325 g/mol. The fraction of sp³-hybridized carbons (Fsp3) is 0.455. The van der Waals surface area contributed by atoms with Crippen LogP contribution in [0.1, 0.15) is 11.1 Å². The highest BCUT2D eigenvalue weighted by Gasteiger charge is 2.73. The third kappa shape index (κ3) is 3.01. The van der Waals surface area contributed by atoms with E-state index in [1.54, 1.807) is 0 Å². The second-order valence-electron chi connectivity index (χ2n) is 3.94. The molecule has 0 saturated carbocycles. The minimum absolute atomic E-state index is 0.106. The maximum atomic E-state index is 13.8. The highest BCUT2D eigenvalue weighted by atomic mass is 35.5. The Balaban J connectivity index is 3.51. The number of rotatable bonds is 3. The summed E-state index contributed by atoms with van der Waals surface area (Å²) < 4.78 is 93.8. The largest absolute Gasteiger partial charge is 0.435 e. The summed E-state index contributed by atoms with van der Waals surface area (Å²) in [5.41, 5.74) is -7.23. The molecule has 0 bridgehead atoms. The van der Waals surface area contributed by atoms with E-state index in [4.69, 9.17) is 11.6 Å². The molecule has 1 rings (SSSR count). The minimum Gasteiger partial charge on any atom is -0.380 e. The number of alkyl halides is 7. The number of benzene rings is 1. The predicted molar refractivity (Wildman–Crippen MR) is 57.1 cm³/mol. The first-order valence-corrected chi connectivity index (χ1v) is 5.42. The lowest BCUT2D eigenvalue weighted by atomic mass is 9.93. The van der Waals surface area contributed by atoms with Gasteiger partial charge in [-0.15, -0.1) is 0 Å². The molecular weight excluding hydrogens is 317 g/mol. The maximum absolute atomic E-state index is 13.8. The quantitative estimate of drug-likeness (QED) is 0.727. The molecule has 0 heterocycles. The van der Waals surface area contributed by atoms with E-state index < -0.39 is 28.6 Å². The first kappa shape index (κ1) is 17.0. The Morgan fingerprint density at radius 2 is 1.45 bits per heavy atom. The van der Waals surface area contributed by atoms with Crippen molar-refractivity contribution in [1.82, 2.24) is 0 Å². The second kappa shape index (κ2) is 5.40. The third-order valence-corrected chi connectivity index (χ3v) is 2.67. The van der Waals surface area contributed by atoms with Gasteiger partial charge in [0.2, 0.25) is 0 Å². The Hall–Kier alpha value is -1.02. The van der Waals surface area contributed by atoms with Gasteiger partial charge in [0.1, 0.15) is 0 Å². The predicted octanol–water partition coefficient (Wildman–Crippen LogP) is 4.78. The lowest BCUT2D eigenvalue weighted by Gasteiger charge is -2.30. The van der Waals surface area contributed by atoms with E-state index >= 15 is 0 Å². The number of ether oxygens (including phenoxy) is 1. The molecule has 0 aliphatic carbocycles. The zero-order valence-corrected chi connectivity index (χ0v) is 10.6. The summed E-state index contributed by atoms with van der Waals surface area (Å²) in [6.07, 6.45) is -12.3. The van der Waals surface area contributed by atoms with Crippen LogP contribution in [0.3, 0.4) is 0 Å². The van der Waals surface area contributed by atoms with Gasteiger partial charge in [-0.05, 0) is 23.8 Å². The molecule has 0 atom stereocenters. The standard InChI is InChI=1S/C11H8ClF7O/c1-20-5-6-2-7(4-8(12)3-6)9(13,10(14,15)16)11(17,18)19/h2-4H,5H2,1H3. The molecule has 0 spiro atoms. The van der Waals surface area contributed by atoms with Crippen LogP contribution < -0.4 is 0 Å². The van der Waals surface area contributed by atoms with Crippen molar-refractivity contribution in [3.05, 3.63) is 34.3 Å². The second-order valence-corrected chi connectivity index (χ2v) is 4.37. The van der Waals surface area contributed by atoms with Crippen LogP contribution in [0.2, 0.25) is 5.02 Å². The first-order chi connectivity index (χ1) is 8.93. The smallest absolute Gasteiger partial charge is 0.380 e. The summed E-state index contributed by atoms with van der Waals surface area (Å²) in [5.74, 6) is 0. The van der Waals surface area contributed by atoms with Crippen molar-refractivity contribution in [2.75, 3.05) is 7.11 Å². The van der Waals surface area contributed by atoms with Crippen molar-refractivity contribution in [3.63, 3.8) is 0 Å². The molecule has 0 saturated heterocycles. The molecule has 0 N–H and O–H groups in total. The zero-order chi connectivity index (χ0) is 15.8. The van der Waals surface area contributed by atoms with Crippen LogP contribution in [-0.2, 0) is 17.0 Å². The monoisotopic (exact) mass is 324 g/mol. The van der Waals surface area contributed by atoms with Gasteiger partial charge in [0.25, 0.3) is 0 Å². The Bertz CT molecular complexity index is 467. The summed E-state index contributed by atoms with van der Waals surface area (Å²) in [7, 11) is 1.18. The van der Waals surface area contributed by atoms with Crippen LogP contribution in [0.4, 0.5) is 30.7 Å². The van der Waals surface area contributed by atoms with Gasteiger partial charge in [0.15, 0.2) is 0 Å². The molecule has 0 aromatic heterocycles. The van der Waals surface area contributed by atoms with Crippen molar-refractivity contribution in [2.24, 2.45) is 0 Å². The van der Waals surface area contributed by atoms with Crippen LogP contribution >= 0.6 is 11.6 Å². The SMILES string of the molecule is COCc1cc(Cl)cc(C(F)(C(F)(F)F)C(F)(F)F)c1. The van der Waals surface area contributed by atoms with Crippen LogP contribution in [0, 0.1) is 0 Å². The lowest BCUT2D eigenvalue weighted by Crippen LogP contribution is -2.50. The van der Waals surface area contributed by atoms with Gasteiger partial charge in [0, 0.05) is 17.7 Å². The van der Waals surface area contributed by atoms with E-state index in [0.29, 0.717) is 12.1 Å². The molecule has 114 valence electrons. The molecule has 0 amide bonds. The summed E-state index contributed by atoms with van der Waals surface area (Å²) in [5, 5.41) is -0.454. The molecule has 0 radical (unpaired) electrons. The molecule has 9 heteroatoms. The Kier molecular flexibility index (Phi) is 4.60. The van der Waals surface area contributed by atoms with E-state index in [-0.39, 0.29) is 12.2 Å². The van der Waals surface area contributed by atoms with Gasteiger partial charge in [-0.1, -0.05) is 11.6 Å². The van der Waals surface area contributed by atoms with E-state index in [0.717, 1.165) is 6.07 Å². The highest BCUT2D eigenvalue weighted by Crippen LogP contribution is 2.53. The summed E-state index contributed by atoms with van der Waals surface area (Å²) in [4.78, 5) is 0. The van der Waals surface area contributed by atoms with Crippen LogP contribution in [0.15, 0.2) is 18.2 Å². The van der Waals surface area contributed by atoms with Gasteiger partial charge in [-0.3, -0.25) is 0 Å². The summed E-state index contributed by atoms with van der Waals surface area (Å²) >= 11 is 5.44. The van der Waals surface area contributed by atoms with Crippen LogP contribution in [0.25, 0.3) is 0 Å². The molecule has 0 aliphatic heterocycles. The molecule has 1 aromatic rings. The fourth-order valence-electron chi connectivity index (χ4n) is 1.59. The van der Waals surface area contributed by atoms with Crippen molar-refractivity contribution in [3.8, 4) is 0 Å². The number of methoxy groups -OCH3 is 1. The molecule has 1 nitrogen and oxygen atoms in total. The van der Waals surface area contributed by atoms with Gasteiger partial charge in [-0.2, -0.15) is 26.3 Å². The van der Waals surface area contributed by atoms with Gasteiger partial charge >= 0.3 is 18.0 Å². The van der Waals surface area contributed by atoms with Gasteiger partial charge in [-0.25, -0.2) is 4.39 Å². The van der Waals surface area contributed by atoms with Crippen molar-refractivity contribution in [2.45, 2.75) is 24.6 Å². The van der Waals surface area contributed by atoms with E-state index in [2.05, 4.69) is 4.74 Å². The van der Waals surface area contributed by atoms with Crippen molar-refractivity contribution < 1.29 is 35.5 Å². The third-order valence-electron chi connectivity index (χ3n) is 2.45. The Morgan fingerprint density at radius 3 is 1.85 bits per heavy atom. The Morgan fingerprint density at radius 1 is 0.950 bits per heavy atom. The highest BCUT2D eigenvalue weighted by molar-refractivity contribution is 6.30. The summed E-state index contributed by atoms with van der Waals surface area (Å²) in [6.45, 7) is -0.306. The van der Waals surface area contributed by atoms with Crippen molar-refractivity contribution in [1.29, 1.82) is 0 Å². The van der Waals surface area contributed by atoms with E-state index in [1.165, 1.54) is 7.11 Å². The molecule has 0 aliphatic rings. The summed E-state index contributed by atoms with van der Waals surface area (Å²) in [6, 6.07) is 1.81. The molecule has 0 fully saturated rings. The fourth-order valence-corrected chi connectivity index (χ4v) is 1.85. The number of hydrogen-bond donors (Lipinski definition) is 0. The zero-order valence-electron chi connectivity index (χ0n) is 9.87. The first-order valence-electron chi connectivity index (χ1n) is 5.04. The Labute approximate surface area is 114 Å². The maximum Gasteiger partial charge on any atom is 0.435 e. The minimum atomic E-state index is -6.17. The van der Waals surface area contributed by atoms with E-state index in [1.807, 2.05) is 0 Å². The number of halogens is 8. The molecular formula is C11H8ClF7O. The van der Waals surface area contributed by atoms with Crippen LogP contribution in [-0.4, -0.2) is 19.5 Å². The normalized spacial score (nSPS) is 13.7. The van der Waals surface area contributed by atoms with Gasteiger partial charge < -0.3 is 4.74 Å². The van der Waals surface area contributed by atoms with Crippen molar-refractivity contribution >= 4 is 11.6 Å². The van der Waals surface area contributed by atoms with Gasteiger partial charge in [0.05, 0.1) is 6.61 Å². The lowest BCUT2D eigenvalue weighted by molar-refractivity contribution is -0.348. The average Bonchev–Trinajstić information content (AvgIpc) is 2.24. The van der Waals surface area contributed by atoms with E-state index in [9.17, 15) is 30.7 Å².